The molecular weight excluding hydrogens is 205 g/mol. The molecule has 2 nitrogen and oxygen atoms in total. The number of rotatable bonds is 3. The predicted octanol–water partition coefficient (Wildman–Crippen LogP) is 3.00. The van der Waals surface area contributed by atoms with Crippen LogP contribution >= 0.6 is 0 Å². The molecule has 1 aliphatic rings. The minimum absolute atomic E-state index is 0.0459. The van der Waals surface area contributed by atoms with Gasteiger partial charge in [-0.05, 0) is 37.5 Å². The maximum absolute atomic E-state index is 13.0. The van der Waals surface area contributed by atoms with E-state index in [9.17, 15) is 4.39 Å². The first-order valence-electron chi connectivity index (χ1n) is 5.62. The maximum atomic E-state index is 13.0. The van der Waals surface area contributed by atoms with Gasteiger partial charge >= 0.3 is 0 Å². The zero-order chi connectivity index (χ0) is 11.2. The van der Waals surface area contributed by atoms with Crippen LogP contribution in [0, 0.1) is 5.82 Å². The Balaban J connectivity index is 1.82. The molecule has 0 atom stereocenters. The van der Waals surface area contributed by atoms with Crippen molar-refractivity contribution in [2.24, 2.45) is 5.73 Å². The van der Waals surface area contributed by atoms with E-state index in [1.165, 1.54) is 12.1 Å². The molecule has 1 aromatic heterocycles. The summed E-state index contributed by atoms with van der Waals surface area (Å²) in [6, 6.07) is 6.59. The van der Waals surface area contributed by atoms with E-state index >= 15 is 0 Å². The van der Waals surface area contributed by atoms with E-state index in [4.69, 9.17) is 10.2 Å². The van der Waals surface area contributed by atoms with Crippen LogP contribution in [0.5, 0.6) is 0 Å². The molecule has 0 spiro atoms. The van der Waals surface area contributed by atoms with Crippen molar-refractivity contribution in [2.75, 3.05) is 0 Å². The fourth-order valence-electron chi connectivity index (χ4n) is 1.97. The Hall–Kier alpha value is -1.35. The van der Waals surface area contributed by atoms with Gasteiger partial charge in [-0.2, -0.15) is 0 Å². The topological polar surface area (TPSA) is 39.2 Å². The first kappa shape index (κ1) is 9.85. The molecule has 0 radical (unpaired) electrons. The van der Waals surface area contributed by atoms with E-state index in [1.807, 2.05) is 6.07 Å². The van der Waals surface area contributed by atoms with Gasteiger partial charge in [0.05, 0.1) is 0 Å². The highest BCUT2D eigenvalue weighted by molar-refractivity contribution is 5.77. The highest BCUT2D eigenvalue weighted by Crippen LogP contribution is 2.37. The van der Waals surface area contributed by atoms with E-state index < -0.39 is 0 Å². The molecule has 0 bridgehead atoms. The Morgan fingerprint density at radius 1 is 1.31 bits per heavy atom. The Morgan fingerprint density at radius 3 is 2.88 bits per heavy atom. The lowest BCUT2D eigenvalue weighted by Crippen LogP contribution is -2.21. The summed E-state index contributed by atoms with van der Waals surface area (Å²) in [5.74, 6) is 0.642. The second kappa shape index (κ2) is 3.32. The second-order valence-corrected chi connectivity index (χ2v) is 4.76. The van der Waals surface area contributed by atoms with Gasteiger partial charge in [-0.1, -0.05) is 0 Å². The molecule has 16 heavy (non-hydrogen) atoms. The fraction of sp³-hybridized carbons (Fsp3) is 0.385. The van der Waals surface area contributed by atoms with Crippen LogP contribution in [0.4, 0.5) is 4.39 Å². The summed E-state index contributed by atoms with van der Waals surface area (Å²) in [6.07, 6.45) is 4.02. The molecule has 3 rings (SSSR count). The van der Waals surface area contributed by atoms with E-state index in [0.717, 1.165) is 36.8 Å². The molecule has 1 heterocycles. The third kappa shape index (κ3) is 1.83. The molecular formula is C13H14FNO. The van der Waals surface area contributed by atoms with E-state index in [2.05, 4.69) is 0 Å². The highest BCUT2D eigenvalue weighted by Gasteiger charge is 2.37. The van der Waals surface area contributed by atoms with Crippen molar-refractivity contribution in [3.8, 4) is 0 Å². The van der Waals surface area contributed by atoms with E-state index in [-0.39, 0.29) is 11.4 Å². The number of hydrogen-bond acceptors (Lipinski definition) is 2. The van der Waals surface area contributed by atoms with Crippen LogP contribution in [0.15, 0.2) is 28.7 Å². The standard InChI is InChI=1S/C13H14FNO/c14-10-2-1-9-7-11(16-12(9)8-10)3-4-13(15)5-6-13/h1-2,7-8H,3-6,15H2. The van der Waals surface area contributed by atoms with Gasteiger partial charge in [0.1, 0.15) is 17.2 Å². The fourth-order valence-corrected chi connectivity index (χ4v) is 1.97. The zero-order valence-electron chi connectivity index (χ0n) is 9.00. The minimum atomic E-state index is -0.258. The van der Waals surface area contributed by atoms with Crippen LogP contribution in [-0.4, -0.2) is 5.54 Å². The third-order valence-electron chi connectivity index (χ3n) is 3.29. The van der Waals surface area contributed by atoms with Gasteiger partial charge in [0.2, 0.25) is 0 Å². The van der Waals surface area contributed by atoms with Crippen molar-refractivity contribution in [1.82, 2.24) is 0 Å². The summed E-state index contributed by atoms with van der Waals surface area (Å²) in [6.45, 7) is 0. The van der Waals surface area contributed by atoms with Crippen LogP contribution in [0.2, 0.25) is 0 Å². The van der Waals surface area contributed by atoms with Gasteiger partial charge < -0.3 is 10.2 Å². The second-order valence-electron chi connectivity index (χ2n) is 4.76. The lowest BCUT2D eigenvalue weighted by Gasteiger charge is -2.04. The Labute approximate surface area is 93.2 Å². The van der Waals surface area contributed by atoms with Crippen molar-refractivity contribution in [3.05, 3.63) is 35.8 Å². The van der Waals surface area contributed by atoms with Crippen molar-refractivity contribution in [1.29, 1.82) is 0 Å². The van der Waals surface area contributed by atoms with Gasteiger partial charge in [-0.15, -0.1) is 0 Å². The number of nitrogens with two attached hydrogens (primary N) is 1. The highest BCUT2D eigenvalue weighted by atomic mass is 19.1. The summed E-state index contributed by atoms with van der Waals surface area (Å²) in [4.78, 5) is 0. The molecule has 1 aromatic carbocycles. The lowest BCUT2D eigenvalue weighted by molar-refractivity contribution is 0.506. The quantitative estimate of drug-likeness (QED) is 0.861. The summed E-state index contributed by atoms with van der Waals surface area (Å²) >= 11 is 0. The average Bonchev–Trinajstić information content (AvgIpc) is 2.85. The molecule has 84 valence electrons. The van der Waals surface area contributed by atoms with Crippen molar-refractivity contribution in [2.45, 2.75) is 31.2 Å². The Morgan fingerprint density at radius 2 is 2.12 bits per heavy atom. The first-order chi connectivity index (χ1) is 7.65. The van der Waals surface area contributed by atoms with E-state index in [0.29, 0.717) is 5.58 Å². The number of hydrogen-bond donors (Lipinski definition) is 1. The van der Waals surface area contributed by atoms with Crippen molar-refractivity contribution < 1.29 is 8.81 Å². The van der Waals surface area contributed by atoms with Crippen LogP contribution in [0.3, 0.4) is 0 Å². The Bertz CT molecular complexity index is 528. The molecule has 2 N–H and O–H groups in total. The summed E-state index contributed by atoms with van der Waals surface area (Å²) in [5, 5.41) is 0.957. The number of fused-ring (bicyclic) bond motifs is 1. The largest absolute Gasteiger partial charge is 0.461 e. The SMILES string of the molecule is NC1(CCc2cc3ccc(F)cc3o2)CC1. The van der Waals surface area contributed by atoms with Crippen LogP contribution in [-0.2, 0) is 6.42 Å². The number of furan rings is 1. The van der Waals surface area contributed by atoms with Gasteiger partial charge in [-0.25, -0.2) is 4.39 Å². The van der Waals surface area contributed by atoms with Crippen LogP contribution in [0.25, 0.3) is 11.0 Å². The van der Waals surface area contributed by atoms with Gasteiger partial charge in [0.15, 0.2) is 0 Å². The molecule has 1 aliphatic carbocycles. The molecule has 0 unspecified atom stereocenters. The smallest absolute Gasteiger partial charge is 0.137 e. The summed E-state index contributed by atoms with van der Waals surface area (Å²) in [5.41, 5.74) is 6.68. The van der Waals surface area contributed by atoms with Crippen molar-refractivity contribution >= 4 is 11.0 Å². The van der Waals surface area contributed by atoms with E-state index in [1.54, 1.807) is 6.07 Å². The molecule has 3 heteroatoms. The zero-order valence-corrected chi connectivity index (χ0v) is 9.00. The number of halogens is 1. The van der Waals surface area contributed by atoms with Crippen LogP contribution in [0.1, 0.15) is 25.0 Å². The molecule has 0 aliphatic heterocycles. The summed E-state index contributed by atoms with van der Waals surface area (Å²) in [7, 11) is 0. The van der Waals surface area contributed by atoms with Gasteiger partial charge in [0, 0.05) is 23.4 Å². The molecule has 1 saturated carbocycles. The lowest BCUT2D eigenvalue weighted by atomic mass is 10.1. The Kier molecular flexibility index (Phi) is 2.04. The average molecular weight is 219 g/mol. The van der Waals surface area contributed by atoms with Crippen molar-refractivity contribution in [3.63, 3.8) is 0 Å². The van der Waals surface area contributed by atoms with Gasteiger partial charge in [0.25, 0.3) is 0 Å². The summed E-state index contributed by atoms with van der Waals surface area (Å²) < 4.78 is 18.5. The van der Waals surface area contributed by atoms with Crippen LogP contribution < -0.4 is 5.73 Å². The molecule has 0 amide bonds. The first-order valence-corrected chi connectivity index (χ1v) is 5.62. The monoisotopic (exact) mass is 219 g/mol. The van der Waals surface area contributed by atoms with Gasteiger partial charge in [-0.3, -0.25) is 0 Å². The third-order valence-corrected chi connectivity index (χ3v) is 3.29. The molecule has 1 fully saturated rings. The molecule has 0 saturated heterocycles. The number of benzene rings is 1. The minimum Gasteiger partial charge on any atom is -0.461 e. The predicted molar refractivity (Wildman–Crippen MR) is 60.6 cm³/mol. The molecule has 2 aromatic rings. The normalized spacial score (nSPS) is 17.9. The maximum Gasteiger partial charge on any atom is 0.137 e. The number of aryl methyl sites for hydroxylation is 1.